The number of halogens is 1. The molecule has 0 bridgehead atoms. The topological polar surface area (TPSA) is 55.6 Å². The zero-order valence-corrected chi connectivity index (χ0v) is 11.2. The van der Waals surface area contributed by atoms with Gasteiger partial charge in [-0.05, 0) is 13.0 Å². The quantitative estimate of drug-likeness (QED) is 0.898. The molecule has 6 heteroatoms. The Hall–Kier alpha value is -1.46. The molecular formula is C12H16ClN5. The van der Waals surface area contributed by atoms with Crippen molar-refractivity contribution in [3.63, 3.8) is 0 Å². The van der Waals surface area contributed by atoms with Crippen molar-refractivity contribution in [1.82, 2.24) is 25.1 Å². The number of hydrogen-bond acceptors (Lipinski definition) is 4. The molecule has 5 nitrogen and oxygen atoms in total. The Morgan fingerprint density at radius 1 is 1.33 bits per heavy atom. The molecule has 2 aromatic heterocycles. The minimum Gasteiger partial charge on any atom is -0.305 e. The molecule has 2 rings (SSSR count). The lowest BCUT2D eigenvalue weighted by atomic mass is 10.1. The highest BCUT2D eigenvalue weighted by atomic mass is 35.5. The van der Waals surface area contributed by atoms with Gasteiger partial charge in [0.2, 0.25) is 0 Å². The van der Waals surface area contributed by atoms with E-state index < -0.39 is 0 Å². The van der Waals surface area contributed by atoms with E-state index in [-0.39, 0.29) is 6.04 Å². The third kappa shape index (κ3) is 2.68. The molecule has 18 heavy (non-hydrogen) atoms. The van der Waals surface area contributed by atoms with Crippen LogP contribution in [0.2, 0.25) is 5.02 Å². The van der Waals surface area contributed by atoms with Crippen molar-refractivity contribution in [3.05, 3.63) is 41.2 Å². The van der Waals surface area contributed by atoms with Crippen molar-refractivity contribution < 1.29 is 0 Å². The molecular weight excluding hydrogens is 250 g/mol. The summed E-state index contributed by atoms with van der Waals surface area (Å²) in [6, 6.07) is -0.0360. The van der Waals surface area contributed by atoms with Crippen molar-refractivity contribution in [2.45, 2.75) is 19.4 Å². The molecule has 0 amide bonds. The van der Waals surface area contributed by atoms with Crippen LogP contribution in [0.25, 0.3) is 0 Å². The molecule has 0 spiro atoms. The molecule has 1 unspecified atom stereocenters. The second-order valence-electron chi connectivity index (χ2n) is 4.06. The highest BCUT2D eigenvalue weighted by Crippen LogP contribution is 2.26. The van der Waals surface area contributed by atoms with E-state index in [1.54, 1.807) is 23.3 Å². The van der Waals surface area contributed by atoms with Crippen LogP contribution in [0.15, 0.2) is 24.9 Å². The minimum atomic E-state index is -0.0360. The standard InChI is InChI=1S/C12H16ClN5/c1-3-4-16-11(9-5-14-8-15-6-9)12-10(13)7-17-18(12)2/h5-8,11,16H,3-4H2,1-2H3. The average molecular weight is 266 g/mol. The van der Waals surface area contributed by atoms with E-state index in [1.165, 1.54) is 6.33 Å². The van der Waals surface area contributed by atoms with Gasteiger partial charge in [0.1, 0.15) is 6.33 Å². The summed E-state index contributed by atoms with van der Waals surface area (Å²) in [5.41, 5.74) is 1.91. The van der Waals surface area contributed by atoms with E-state index in [2.05, 4.69) is 27.3 Å². The molecule has 0 aromatic carbocycles. The normalized spacial score (nSPS) is 12.6. The van der Waals surface area contributed by atoms with Crippen LogP contribution in [0.3, 0.4) is 0 Å². The van der Waals surface area contributed by atoms with Gasteiger partial charge in [0.05, 0.1) is 23.0 Å². The highest BCUT2D eigenvalue weighted by Gasteiger charge is 2.20. The lowest BCUT2D eigenvalue weighted by molar-refractivity contribution is 0.551. The number of hydrogen-bond donors (Lipinski definition) is 1. The van der Waals surface area contributed by atoms with E-state index in [0.717, 1.165) is 24.2 Å². The maximum Gasteiger partial charge on any atom is 0.115 e. The molecule has 0 aliphatic carbocycles. The Morgan fingerprint density at radius 3 is 2.61 bits per heavy atom. The smallest absolute Gasteiger partial charge is 0.115 e. The first kappa shape index (κ1) is 13.0. The SMILES string of the molecule is CCCNC(c1cncnc1)c1c(Cl)cnn1C. The molecule has 2 aromatic rings. The number of aryl methyl sites for hydroxylation is 1. The van der Waals surface area contributed by atoms with Crippen molar-refractivity contribution >= 4 is 11.6 Å². The Kier molecular flexibility index (Phi) is 4.28. The van der Waals surface area contributed by atoms with Crippen molar-refractivity contribution in [3.8, 4) is 0 Å². The first-order chi connectivity index (χ1) is 8.74. The predicted molar refractivity (Wildman–Crippen MR) is 70.4 cm³/mol. The van der Waals surface area contributed by atoms with Crippen LogP contribution in [0, 0.1) is 0 Å². The monoisotopic (exact) mass is 265 g/mol. The third-order valence-corrected chi connectivity index (χ3v) is 3.01. The maximum absolute atomic E-state index is 6.20. The highest BCUT2D eigenvalue weighted by molar-refractivity contribution is 6.31. The number of nitrogens with one attached hydrogen (secondary N) is 1. The van der Waals surface area contributed by atoms with Crippen molar-refractivity contribution in [1.29, 1.82) is 0 Å². The van der Waals surface area contributed by atoms with Gasteiger partial charge >= 0.3 is 0 Å². The van der Waals surface area contributed by atoms with E-state index >= 15 is 0 Å². The van der Waals surface area contributed by atoms with Gasteiger partial charge in [-0.1, -0.05) is 18.5 Å². The zero-order valence-electron chi connectivity index (χ0n) is 10.5. The van der Waals surface area contributed by atoms with Crippen LogP contribution in [-0.4, -0.2) is 26.3 Å². The van der Waals surface area contributed by atoms with E-state index in [4.69, 9.17) is 11.6 Å². The molecule has 0 aliphatic rings. The Labute approximate surface area is 111 Å². The maximum atomic E-state index is 6.20. The molecule has 1 atom stereocenters. The van der Waals surface area contributed by atoms with Gasteiger partial charge in [-0.3, -0.25) is 4.68 Å². The fourth-order valence-electron chi connectivity index (χ4n) is 1.87. The number of nitrogens with zero attached hydrogens (tertiary/aromatic N) is 4. The molecule has 96 valence electrons. The van der Waals surface area contributed by atoms with Crippen LogP contribution in [0.4, 0.5) is 0 Å². The van der Waals surface area contributed by atoms with E-state index in [1.807, 2.05) is 7.05 Å². The molecule has 0 saturated heterocycles. The summed E-state index contributed by atoms with van der Waals surface area (Å²) in [5, 5.41) is 8.27. The first-order valence-electron chi connectivity index (χ1n) is 5.89. The summed E-state index contributed by atoms with van der Waals surface area (Å²) >= 11 is 6.20. The summed E-state index contributed by atoms with van der Waals surface area (Å²) in [4.78, 5) is 8.12. The largest absolute Gasteiger partial charge is 0.305 e. The van der Waals surface area contributed by atoms with Crippen LogP contribution in [0.5, 0.6) is 0 Å². The minimum absolute atomic E-state index is 0.0360. The lowest BCUT2D eigenvalue weighted by Gasteiger charge is -2.19. The Morgan fingerprint density at radius 2 is 2.06 bits per heavy atom. The predicted octanol–water partition coefficient (Wildman–Crippen LogP) is 1.95. The van der Waals surface area contributed by atoms with Gasteiger partial charge in [0, 0.05) is 25.0 Å². The van der Waals surface area contributed by atoms with E-state index in [9.17, 15) is 0 Å². The van der Waals surface area contributed by atoms with Gasteiger partial charge in [0.25, 0.3) is 0 Å². The van der Waals surface area contributed by atoms with Crippen molar-refractivity contribution in [2.75, 3.05) is 6.54 Å². The number of aromatic nitrogens is 4. The lowest BCUT2D eigenvalue weighted by Crippen LogP contribution is -2.25. The van der Waals surface area contributed by atoms with Crippen LogP contribution in [-0.2, 0) is 7.05 Å². The summed E-state index contributed by atoms with van der Waals surface area (Å²) in [6.45, 7) is 3.01. The molecule has 0 fully saturated rings. The summed E-state index contributed by atoms with van der Waals surface area (Å²) in [5.74, 6) is 0. The second kappa shape index (κ2) is 5.93. The summed E-state index contributed by atoms with van der Waals surface area (Å²) in [6.07, 6.45) is 7.81. The van der Waals surface area contributed by atoms with Crippen LogP contribution < -0.4 is 5.32 Å². The molecule has 0 saturated carbocycles. The molecule has 0 aliphatic heterocycles. The van der Waals surface area contributed by atoms with Crippen LogP contribution in [0.1, 0.15) is 30.6 Å². The van der Waals surface area contributed by atoms with Gasteiger partial charge in [-0.15, -0.1) is 0 Å². The van der Waals surface area contributed by atoms with Gasteiger partial charge in [-0.25, -0.2) is 9.97 Å². The third-order valence-electron chi connectivity index (χ3n) is 2.72. The number of rotatable bonds is 5. The first-order valence-corrected chi connectivity index (χ1v) is 6.27. The molecule has 2 heterocycles. The zero-order chi connectivity index (χ0) is 13.0. The Bertz CT molecular complexity index is 477. The molecule has 1 N–H and O–H groups in total. The Balaban J connectivity index is 2.37. The fourth-order valence-corrected chi connectivity index (χ4v) is 2.14. The van der Waals surface area contributed by atoms with Crippen LogP contribution >= 0.6 is 11.6 Å². The average Bonchev–Trinajstić information content (AvgIpc) is 2.72. The van der Waals surface area contributed by atoms with Crippen molar-refractivity contribution in [2.24, 2.45) is 7.05 Å². The van der Waals surface area contributed by atoms with Gasteiger partial charge in [0.15, 0.2) is 0 Å². The van der Waals surface area contributed by atoms with Gasteiger partial charge in [-0.2, -0.15) is 5.10 Å². The van der Waals surface area contributed by atoms with Gasteiger partial charge < -0.3 is 5.32 Å². The fraction of sp³-hybridized carbons (Fsp3) is 0.417. The van der Waals surface area contributed by atoms with E-state index in [0.29, 0.717) is 5.02 Å². The summed E-state index contributed by atoms with van der Waals surface area (Å²) < 4.78 is 1.78. The summed E-state index contributed by atoms with van der Waals surface area (Å²) in [7, 11) is 1.88. The second-order valence-corrected chi connectivity index (χ2v) is 4.47. The molecule has 0 radical (unpaired) electrons.